The molecule has 1 aromatic rings. The van der Waals surface area contributed by atoms with Gasteiger partial charge in [0.1, 0.15) is 15.6 Å². The van der Waals surface area contributed by atoms with Crippen molar-refractivity contribution in [2.45, 2.75) is 13.3 Å². The molecule has 0 amide bonds. The summed E-state index contributed by atoms with van der Waals surface area (Å²) < 4.78 is 27.7. The van der Waals surface area contributed by atoms with Gasteiger partial charge in [-0.2, -0.15) is 0 Å². The molecule has 0 aliphatic heterocycles. The van der Waals surface area contributed by atoms with E-state index in [9.17, 15) is 8.42 Å². The van der Waals surface area contributed by atoms with Gasteiger partial charge in [-0.15, -0.1) is 0 Å². The van der Waals surface area contributed by atoms with E-state index in [1.54, 1.807) is 26.2 Å². The fourth-order valence-corrected chi connectivity index (χ4v) is 2.51. The van der Waals surface area contributed by atoms with Crippen LogP contribution in [0.4, 0.5) is 5.69 Å². The van der Waals surface area contributed by atoms with Crippen molar-refractivity contribution < 1.29 is 13.2 Å². The van der Waals surface area contributed by atoms with E-state index < -0.39 is 9.84 Å². The molecule has 0 saturated heterocycles. The maximum atomic E-state index is 11.3. The minimum atomic E-state index is -2.88. The first-order chi connectivity index (χ1) is 8.48. The highest BCUT2D eigenvalue weighted by Crippen LogP contribution is 2.27. The molecule has 1 rings (SSSR count). The van der Waals surface area contributed by atoms with Crippen LogP contribution in [0.25, 0.3) is 0 Å². The minimum absolute atomic E-state index is 0.196. The Hall–Kier alpha value is -0.940. The summed E-state index contributed by atoms with van der Waals surface area (Å²) in [5, 5.41) is 3.69. The summed E-state index contributed by atoms with van der Waals surface area (Å²) in [4.78, 5) is 0. The Bertz CT molecular complexity index is 488. The van der Waals surface area contributed by atoms with E-state index in [2.05, 4.69) is 5.32 Å². The lowest BCUT2D eigenvalue weighted by atomic mass is 10.3. The third kappa shape index (κ3) is 4.74. The Morgan fingerprint density at radius 3 is 2.72 bits per heavy atom. The van der Waals surface area contributed by atoms with Gasteiger partial charge >= 0.3 is 0 Å². The zero-order valence-corrected chi connectivity index (χ0v) is 12.1. The van der Waals surface area contributed by atoms with Crippen LogP contribution in [0.15, 0.2) is 18.2 Å². The van der Waals surface area contributed by atoms with Crippen LogP contribution in [0, 0.1) is 0 Å². The van der Waals surface area contributed by atoms with Gasteiger partial charge in [0.05, 0.1) is 17.9 Å². The second-order valence-corrected chi connectivity index (χ2v) is 6.75. The van der Waals surface area contributed by atoms with Crippen LogP contribution in [0.1, 0.15) is 13.3 Å². The van der Waals surface area contributed by atoms with E-state index in [4.69, 9.17) is 16.3 Å². The van der Waals surface area contributed by atoms with Crippen molar-refractivity contribution in [1.29, 1.82) is 0 Å². The van der Waals surface area contributed by atoms with Gasteiger partial charge in [-0.05, 0) is 18.6 Å². The molecule has 0 bridgehead atoms. The first kappa shape index (κ1) is 15.1. The summed E-state index contributed by atoms with van der Waals surface area (Å²) in [6.07, 6.45) is 0.584. The van der Waals surface area contributed by atoms with Gasteiger partial charge in [-0.25, -0.2) is 8.42 Å². The molecule has 1 aromatic carbocycles. The van der Waals surface area contributed by atoms with Crippen molar-refractivity contribution in [3.05, 3.63) is 23.2 Å². The molecule has 6 heteroatoms. The number of hydrogen-bond acceptors (Lipinski definition) is 4. The van der Waals surface area contributed by atoms with Crippen molar-refractivity contribution in [3.63, 3.8) is 0 Å². The number of nitrogens with one attached hydrogen (secondary N) is 1. The molecule has 18 heavy (non-hydrogen) atoms. The van der Waals surface area contributed by atoms with Crippen LogP contribution >= 0.6 is 11.6 Å². The Balaban J connectivity index is 2.45. The lowest BCUT2D eigenvalue weighted by molar-refractivity contribution is 0.415. The monoisotopic (exact) mass is 291 g/mol. The predicted molar refractivity (Wildman–Crippen MR) is 75.4 cm³/mol. The maximum absolute atomic E-state index is 11.3. The molecule has 0 atom stereocenters. The molecule has 4 nitrogen and oxygen atoms in total. The molecule has 0 heterocycles. The summed E-state index contributed by atoms with van der Waals surface area (Å²) in [5.74, 6) is 1.01. The van der Waals surface area contributed by atoms with E-state index >= 15 is 0 Å². The molecular weight excluding hydrogens is 274 g/mol. The van der Waals surface area contributed by atoms with Crippen molar-refractivity contribution in [1.82, 2.24) is 0 Å². The molecule has 0 spiro atoms. The van der Waals surface area contributed by atoms with Gasteiger partial charge in [0.25, 0.3) is 0 Å². The van der Waals surface area contributed by atoms with Gasteiger partial charge in [-0.1, -0.05) is 18.5 Å². The second-order valence-electron chi connectivity index (χ2n) is 3.87. The summed E-state index contributed by atoms with van der Waals surface area (Å²) in [6.45, 7) is 2.26. The zero-order chi connectivity index (χ0) is 13.6. The standard InChI is InChI=1S/C12H18ClNO3S/c1-3-18(15,16)8-4-7-14-10-5-6-11(13)12(9-10)17-2/h5-6,9,14H,3-4,7-8H2,1-2H3. The molecular formula is C12H18ClNO3S. The van der Waals surface area contributed by atoms with Crippen LogP contribution in [0.5, 0.6) is 5.75 Å². The van der Waals surface area contributed by atoms with E-state index in [0.717, 1.165) is 5.69 Å². The highest BCUT2D eigenvalue weighted by atomic mass is 35.5. The first-order valence-corrected chi connectivity index (χ1v) is 7.96. The maximum Gasteiger partial charge on any atom is 0.150 e. The van der Waals surface area contributed by atoms with Crippen LogP contribution in [0.2, 0.25) is 5.02 Å². The summed E-state index contributed by atoms with van der Waals surface area (Å²) in [6, 6.07) is 5.36. The fourth-order valence-electron chi connectivity index (χ4n) is 1.44. The minimum Gasteiger partial charge on any atom is -0.495 e. The quantitative estimate of drug-likeness (QED) is 0.785. The average Bonchev–Trinajstić information content (AvgIpc) is 2.36. The fraction of sp³-hybridized carbons (Fsp3) is 0.500. The number of rotatable bonds is 7. The van der Waals surface area contributed by atoms with E-state index in [-0.39, 0.29) is 11.5 Å². The van der Waals surface area contributed by atoms with Gasteiger partial charge in [0.15, 0.2) is 0 Å². The number of halogens is 1. The molecule has 1 N–H and O–H groups in total. The zero-order valence-electron chi connectivity index (χ0n) is 10.6. The van der Waals surface area contributed by atoms with Crippen LogP contribution in [-0.4, -0.2) is 33.6 Å². The number of benzene rings is 1. The second kappa shape index (κ2) is 6.85. The van der Waals surface area contributed by atoms with Gasteiger partial charge in [0.2, 0.25) is 0 Å². The van der Waals surface area contributed by atoms with Crippen LogP contribution < -0.4 is 10.1 Å². The lowest BCUT2D eigenvalue weighted by Crippen LogP contribution is -2.12. The van der Waals surface area contributed by atoms with Gasteiger partial charge in [-0.3, -0.25) is 0 Å². The molecule has 0 fully saturated rings. The summed E-state index contributed by atoms with van der Waals surface area (Å²) >= 11 is 5.90. The number of ether oxygens (including phenoxy) is 1. The summed E-state index contributed by atoms with van der Waals surface area (Å²) in [7, 11) is -1.32. The highest BCUT2D eigenvalue weighted by molar-refractivity contribution is 7.91. The number of anilines is 1. The molecule has 0 saturated carbocycles. The first-order valence-electron chi connectivity index (χ1n) is 5.76. The number of hydrogen-bond donors (Lipinski definition) is 1. The highest BCUT2D eigenvalue weighted by Gasteiger charge is 2.06. The normalized spacial score (nSPS) is 11.3. The van der Waals surface area contributed by atoms with Crippen LogP contribution in [0.3, 0.4) is 0 Å². The van der Waals surface area contributed by atoms with Crippen molar-refractivity contribution in [2.24, 2.45) is 0 Å². The number of sulfone groups is 1. The topological polar surface area (TPSA) is 55.4 Å². The van der Waals surface area contributed by atoms with E-state index in [0.29, 0.717) is 23.7 Å². The Kier molecular flexibility index (Phi) is 5.75. The molecule has 102 valence electrons. The Morgan fingerprint density at radius 1 is 1.39 bits per heavy atom. The smallest absolute Gasteiger partial charge is 0.150 e. The Morgan fingerprint density at radius 2 is 2.11 bits per heavy atom. The molecule has 0 aliphatic carbocycles. The average molecular weight is 292 g/mol. The predicted octanol–water partition coefficient (Wildman–Crippen LogP) is 2.59. The molecule has 0 unspecified atom stereocenters. The largest absolute Gasteiger partial charge is 0.495 e. The third-order valence-corrected chi connectivity index (χ3v) is 4.65. The molecule has 0 aliphatic rings. The molecule has 0 radical (unpaired) electrons. The summed E-state index contributed by atoms with van der Waals surface area (Å²) in [5.41, 5.74) is 0.866. The van der Waals surface area contributed by atoms with Gasteiger partial charge < -0.3 is 10.1 Å². The van der Waals surface area contributed by atoms with E-state index in [1.807, 2.05) is 6.07 Å². The van der Waals surface area contributed by atoms with Crippen molar-refractivity contribution >= 4 is 27.1 Å². The molecule has 0 aromatic heterocycles. The van der Waals surface area contributed by atoms with Crippen molar-refractivity contribution in [3.8, 4) is 5.75 Å². The Labute approximate surface area is 113 Å². The van der Waals surface area contributed by atoms with Gasteiger partial charge in [0, 0.05) is 24.1 Å². The SMILES string of the molecule is CCS(=O)(=O)CCCNc1ccc(Cl)c(OC)c1. The lowest BCUT2D eigenvalue weighted by Gasteiger charge is -2.09. The van der Waals surface area contributed by atoms with Crippen LogP contribution in [-0.2, 0) is 9.84 Å². The third-order valence-electron chi connectivity index (χ3n) is 2.55. The number of methoxy groups -OCH3 is 1. The van der Waals surface area contributed by atoms with E-state index in [1.165, 1.54) is 0 Å². The van der Waals surface area contributed by atoms with Crippen molar-refractivity contribution in [2.75, 3.05) is 30.5 Å².